The number of fused-ring (bicyclic) bond motifs is 2. The van der Waals surface area contributed by atoms with Crippen LogP contribution in [0.2, 0.25) is 0 Å². The van der Waals surface area contributed by atoms with Gasteiger partial charge in [0.25, 0.3) is 0 Å². The monoisotopic (exact) mass is 268 g/mol. The van der Waals surface area contributed by atoms with E-state index >= 15 is 0 Å². The summed E-state index contributed by atoms with van der Waals surface area (Å²) in [5, 5.41) is 12.1. The van der Waals surface area contributed by atoms with E-state index in [0.29, 0.717) is 25.0 Å². The van der Waals surface area contributed by atoms with Crippen LogP contribution in [0.4, 0.5) is 0 Å². The molecule has 0 radical (unpaired) electrons. The Bertz CT molecular complexity index is 309. The fraction of sp³-hybridized carbons (Fsp3) is 0.933. The van der Waals surface area contributed by atoms with Crippen LogP contribution < -0.4 is 5.32 Å². The fourth-order valence-electron chi connectivity index (χ4n) is 4.01. The minimum Gasteiger partial charge on any atom is -0.395 e. The second-order valence-corrected chi connectivity index (χ2v) is 6.29. The number of aliphatic hydroxyl groups excluding tert-OH is 1. The van der Waals surface area contributed by atoms with Crippen LogP contribution in [0.25, 0.3) is 0 Å². The number of aliphatic hydroxyl groups is 1. The standard InChI is InChI=1S/C15H28N2O2/c1-3-17(6-7-18)10-15(19)16-11(2)14-9-12-4-5-13(14)8-12/h11-14,18H,3-10H2,1-2H3,(H,16,19). The average Bonchev–Trinajstić information content (AvgIpc) is 3.00. The lowest BCUT2D eigenvalue weighted by molar-refractivity contribution is -0.123. The third-order valence-corrected chi connectivity index (χ3v) is 5.05. The Morgan fingerprint density at radius 3 is 2.74 bits per heavy atom. The highest BCUT2D eigenvalue weighted by Gasteiger charge is 2.42. The van der Waals surface area contributed by atoms with Gasteiger partial charge in [-0.25, -0.2) is 0 Å². The lowest BCUT2D eigenvalue weighted by Gasteiger charge is -2.29. The molecular formula is C15H28N2O2. The fourth-order valence-corrected chi connectivity index (χ4v) is 4.01. The van der Waals surface area contributed by atoms with Crippen LogP contribution in [0.15, 0.2) is 0 Å². The Morgan fingerprint density at radius 1 is 1.42 bits per heavy atom. The molecule has 0 aliphatic heterocycles. The Hall–Kier alpha value is -0.610. The summed E-state index contributed by atoms with van der Waals surface area (Å²) in [6, 6.07) is 0.302. The normalized spacial score (nSPS) is 30.8. The van der Waals surface area contributed by atoms with E-state index in [4.69, 9.17) is 5.11 Å². The van der Waals surface area contributed by atoms with Crippen LogP contribution in [-0.2, 0) is 4.79 Å². The molecule has 2 fully saturated rings. The van der Waals surface area contributed by atoms with Crippen LogP contribution in [0, 0.1) is 17.8 Å². The summed E-state index contributed by atoms with van der Waals surface area (Å²) in [7, 11) is 0. The topological polar surface area (TPSA) is 52.6 Å². The molecule has 2 rings (SSSR count). The van der Waals surface area contributed by atoms with Crippen molar-refractivity contribution >= 4 is 5.91 Å². The van der Waals surface area contributed by atoms with Gasteiger partial charge in [-0.1, -0.05) is 13.3 Å². The molecular weight excluding hydrogens is 240 g/mol. The van der Waals surface area contributed by atoms with Gasteiger partial charge in [-0.05, 0) is 50.5 Å². The van der Waals surface area contributed by atoms with Crippen molar-refractivity contribution in [2.24, 2.45) is 17.8 Å². The van der Waals surface area contributed by atoms with E-state index in [-0.39, 0.29) is 12.5 Å². The molecule has 2 N–H and O–H groups in total. The summed E-state index contributed by atoms with van der Waals surface area (Å²) in [5.41, 5.74) is 0. The number of carbonyl (C=O) groups excluding carboxylic acids is 1. The van der Waals surface area contributed by atoms with Crippen LogP contribution >= 0.6 is 0 Å². The average molecular weight is 268 g/mol. The van der Waals surface area contributed by atoms with Crippen molar-refractivity contribution in [3.05, 3.63) is 0 Å². The minimum absolute atomic E-state index is 0.102. The van der Waals surface area contributed by atoms with E-state index in [1.807, 2.05) is 11.8 Å². The zero-order valence-electron chi connectivity index (χ0n) is 12.3. The van der Waals surface area contributed by atoms with Crippen LogP contribution in [-0.4, -0.2) is 48.2 Å². The maximum atomic E-state index is 12.0. The van der Waals surface area contributed by atoms with Gasteiger partial charge in [-0.15, -0.1) is 0 Å². The van der Waals surface area contributed by atoms with E-state index in [0.717, 1.165) is 18.4 Å². The summed E-state index contributed by atoms with van der Waals surface area (Å²) in [6.07, 6.45) is 5.46. The number of carbonyl (C=O) groups is 1. The Labute approximate surface area is 116 Å². The van der Waals surface area contributed by atoms with E-state index in [2.05, 4.69) is 12.2 Å². The third kappa shape index (κ3) is 3.69. The summed E-state index contributed by atoms with van der Waals surface area (Å²) >= 11 is 0. The molecule has 2 bridgehead atoms. The first-order chi connectivity index (χ1) is 9.13. The van der Waals surface area contributed by atoms with Crippen LogP contribution in [0.5, 0.6) is 0 Å². The SMILES string of the molecule is CCN(CCO)CC(=O)NC(C)C1CC2CCC1C2. The molecule has 0 aromatic carbocycles. The van der Waals surface area contributed by atoms with Gasteiger partial charge < -0.3 is 10.4 Å². The molecule has 1 amide bonds. The molecule has 4 nitrogen and oxygen atoms in total. The van der Waals surface area contributed by atoms with Crippen LogP contribution in [0.3, 0.4) is 0 Å². The minimum atomic E-state index is 0.102. The molecule has 0 aromatic heterocycles. The summed E-state index contributed by atoms with van der Waals surface area (Å²) in [6.45, 7) is 6.07. The van der Waals surface area contributed by atoms with E-state index in [1.165, 1.54) is 25.7 Å². The molecule has 4 heteroatoms. The molecule has 19 heavy (non-hydrogen) atoms. The first-order valence-electron chi connectivity index (χ1n) is 7.76. The molecule has 2 saturated carbocycles. The van der Waals surface area contributed by atoms with Gasteiger partial charge in [0.15, 0.2) is 0 Å². The zero-order chi connectivity index (χ0) is 13.8. The molecule has 2 aliphatic rings. The second-order valence-electron chi connectivity index (χ2n) is 6.29. The van der Waals surface area contributed by atoms with Crippen molar-refractivity contribution in [2.75, 3.05) is 26.2 Å². The second kappa shape index (κ2) is 6.71. The van der Waals surface area contributed by atoms with Crippen molar-refractivity contribution < 1.29 is 9.90 Å². The smallest absolute Gasteiger partial charge is 0.234 e. The molecule has 0 spiro atoms. The molecule has 0 aromatic rings. The molecule has 2 aliphatic carbocycles. The van der Waals surface area contributed by atoms with Gasteiger partial charge in [-0.3, -0.25) is 9.69 Å². The van der Waals surface area contributed by atoms with Gasteiger partial charge in [0.05, 0.1) is 13.2 Å². The number of hydrogen-bond donors (Lipinski definition) is 2. The summed E-state index contributed by atoms with van der Waals surface area (Å²) < 4.78 is 0. The highest BCUT2D eigenvalue weighted by Crippen LogP contribution is 2.49. The Morgan fingerprint density at radius 2 is 2.21 bits per heavy atom. The molecule has 4 atom stereocenters. The molecule has 4 unspecified atom stereocenters. The van der Waals surface area contributed by atoms with Crippen molar-refractivity contribution in [1.29, 1.82) is 0 Å². The quantitative estimate of drug-likeness (QED) is 0.730. The molecule has 110 valence electrons. The third-order valence-electron chi connectivity index (χ3n) is 5.05. The largest absolute Gasteiger partial charge is 0.395 e. The maximum Gasteiger partial charge on any atom is 0.234 e. The van der Waals surface area contributed by atoms with E-state index < -0.39 is 0 Å². The number of likely N-dealkylation sites (N-methyl/N-ethyl adjacent to an activating group) is 1. The summed E-state index contributed by atoms with van der Waals surface area (Å²) in [5.74, 6) is 2.57. The number of nitrogens with zero attached hydrogens (tertiary/aromatic N) is 1. The predicted molar refractivity (Wildman–Crippen MR) is 75.7 cm³/mol. The lowest BCUT2D eigenvalue weighted by atomic mass is 9.84. The highest BCUT2D eigenvalue weighted by atomic mass is 16.3. The lowest BCUT2D eigenvalue weighted by Crippen LogP contribution is -2.45. The molecule has 0 heterocycles. The Kier molecular flexibility index (Phi) is 5.22. The highest BCUT2D eigenvalue weighted by molar-refractivity contribution is 5.78. The van der Waals surface area contributed by atoms with E-state index in [1.54, 1.807) is 0 Å². The van der Waals surface area contributed by atoms with Gasteiger partial charge in [0, 0.05) is 12.6 Å². The van der Waals surface area contributed by atoms with Gasteiger partial charge >= 0.3 is 0 Å². The Balaban J connectivity index is 1.75. The van der Waals surface area contributed by atoms with Gasteiger partial charge in [0.2, 0.25) is 5.91 Å². The van der Waals surface area contributed by atoms with Gasteiger partial charge in [0.1, 0.15) is 0 Å². The number of hydrogen-bond acceptors (Lipinski definition) is 3. The van der Waals surface area contributed by atoms with E-state index in [9.17, 15) is 4.79 Å². The van der Waals surface area contributed by atoms with Crippen molar-refractivity contribution in [1.82, 2.24) is 10.2 Å². The van der Waals surface area contributed by atoms with Gasteiger partial charge in [-0.2, -0.15) is 0 Å². The van der Waals surface area contributed by atoms with Crippen LogP contribution in [0.1, 0.15) is 39.5 Å². The van der Waals surface area contributed by atoms with Crippen molar-refractivity contribution in [3.63, 3.8) is 0 Å². The van der Waals surface area contributed by atoms with Crippen molar-refractivity contribution in [2.45, 2.75) is 45.6 Å². The number of nitrogens with one attached hydrogen (secondary N) is 1. The van der Waals surface area contributed by atoms with Crippen molar-refractivity contribution in [3.8, 4) is 0 Å². The first-order valence-corrected chi connectivity index (χ1v) is 7.76. The predicted octanol–water partition coefficient (Wildman–Crippen LogP) is 1.24. The summed E-state index contributed by atoms with van der Waals surface area (Å²) in [4.78, 5) is 14.0. The first kappa shape index (κ1) is 14.8. The number of amides is 1. The molecule has 0 saturated heterocycles. The maximum absolute atomic E-state index is 12.0. The zero-order valence-corrected chi connectivity index (χ0v) is 12.3. The number of rotatable bonds is 7.